The van der Waals surface area contributed by atoms with Gasteiger partial charge in [0.1, 0.15) is 0 Å². The smallest absolute Gasteiger partial charge is 0.0436 e. The second-order valence-corrected chi connectivity index (χ2v) is 5.13. The highest BCUT2D eigenvalue weighted by molar-refractivity contribution is 4.90. The van der Waals surface area contributed by atoms with Crippen molar-refractivity contribution >= 4 is 0 Å². The molecule has 0 spiro atoms. The molecule has 1 rings (SSSR count). The highest BCUT2D eigenvalue weighted by Gasteiger charge is 2.38. The molecule has 1 nitrogen and oxygen atoms in total. The van der Waals surface area contributed by atoms with Gasteiger partial charge in [-0.2, -0.15) is 0 Å². The molecular formula is C10H20O. The van der Waals surface area contributed by atoms with E-state index in [0.29, 0.717) is 17.4 Å². The van der Waals surface area contributed by atoms with Crippen LogP contribution in [-0.4, -0.2) is 11.7 Å². The van der Waals surface area contributed by atoms with Crippen LogP contribution in [0, 0.1) is 10.8 Å². The Bertz CT molecular complexity index is 140. The second kappa shape index (κ2) is 2.78. The summed E-state index contributed by atoms with van der Waals surface area (Å²) in [5.74, 6) is 0. The maximum absolute atomic E-state index is 8.86. The van der Waals surface area contributed by atoms with Crippen molar-refractivity contribution in [2.75, 3.05) is 6.61 Å². The van der Waals surface area contributed by atoms with E-state index < -0.39 is 0 Å². The highest BCUT2D eigenvalue weighted by atomic mass is 16.3. The zero-order chi connectivity index (χ0) is 8.54. The first kappa shape index (κ1) is 9.05. The number of hydrogen-bond acceptors (Lipinski definition) is 1. The Hall–Kier alpha value is -0.0400. The number of rotatable bonds is 2. The van der Waals surface area contributed by atoms with Crippen molar-refractivity contribution in [2.45, 2.75) is 46.5 Å². The van der Waals surface area contributed by atoms with Crippen LogP contribution in [0.2, 0.25) is 0 Å². The molecule has 0 aromatic heterocycles. The molecule has 0 bridgehead atoms. The first-order valence-electron chi connectivity index (χ1n) is 4.58. The molecule has 0 aliphatic heterocycles. The lowest BCUT2D eigenvalue weighted by molar-refractivity contribution is 0.187. The topological polar surface area (TPSA) is 20.2 Å². The van der Waals surface area contributed by atoms with Crippen LogP contribution >= 0.6 is 0 Å². The van der Waals surface area contributed by atoms with Crippen LogP contribution in [0.1, 0.15) is 46.5 Å². The van der Waals surface area contributed by atoms with Crippen LogP contribution in [-0.2, 0) is 0 Å². The summed E-state index contributed by atoms with van der Waals surface area (Å²) < 4.78 is 0. The lowest BCUT2D eigenvalue weighted by atomic mass is 9.81. The van der Waals surface area contributed by atoms with Gasteiger partial charge in [-0.15, -0.1) is 0 Å². The van der Waals surface area contributed by atoms with Crippen LogP contribution in [0.25, 0.3) is 0 Å². The Morgan fingerprint density at radius 1 is 1.18 bits per heavy atom. The first-order chi connectivity index (χ1) is 4.97. The minimum atomic E-state index is 0.354. The van der Waals surface area contributed by atoms with Gasteiger partial charge in [-0.05, 0) is 36.5 Å². The molecule has 1 unspecified atom stereocenters. The zero-order valence-electron chi connectivity index (χ0n) is 7.98. The van der Waals surface area contributed by atoms with Crippen molar-refractivity contribution in [3.8, 4) is 0 Å². The molecule has 0 saturated heterocycles. The fraction of sp³-hybridized carbons (Fsp3) is 1.00. The van der Waals surface area contributed by atoms with Crippen molar-refractivity contribution < 1.29 is 5.11 Å². The normalized spacial score (nSPS) is 36.0. The maximum atomic E-state index is 8.86. The van der Waals surface area contributed by atoms with Crippen LogP contribution < -0.4 is 0 Å². The second-order valence-electron chi connectivity index (χ2n) is 5.13. The van der Waals surface area contributed by atoms with Crippen molar-refractivity contribution in [2.24, 2.45) is 10.8 Å². The molecule has 1 N–H and O–H groups in total. The average Bonchev–Trinajstić information content (AvgIpc) is 2.07. The zero-order valence-corrected chi connectivity index (χ0v) is 7.98. The van der Waals surface area contributed by atoms with Crippen molar-refractivity contribution in [3.63, 3.8) is 0 Å². The van der Waals surface area contributed by atoms with Crippen molar-refractivity contribution in [3.05, 3.63) is 0 Å². The Kier molecular flexibility index (Phi) is 2.29. The molecular weight excluding hydrogens is 136 g/mol. The van der Waals surface area contributed by atoms with Crippen molar-refractivity contribution in [1.82, 2.24) is 0 Å². The third kappa shape index (κ3) is 2.19. The van der Waals surface area contributed by atoms with Crippen molar-refractivity contribution in [1.29, 1.82) is 0 Å². The van der Waals surface area contributed by atoms with Crippen LogP contribution in [0.3, 0.4) is 0 Å². The fourth-order valence-corrected chi connectivity index (χ4v) is 2.46. The van der Waals surface area contributed by atoms with Gasteiger partial charge in [0, 0.05) is 6.61 Å². The monoisotopic (exact) mass is 156 g/mol. The SMILES string of the molecule is CC1(C)CCC(C)(CCO)C1. The van der Waals surface area contributed by atoms with Gasteiger partial charge in [-0.3, -0.25) is 0 Å². The minimum absolute atomic E-state index is 0.354. The molecule has 1 aliphatic rings. The molecule has 1 heteroatoms. The van der Waals surface area contributed by atoms with Gasteiger partial charge in [-0.1, -0.05) is 20.8 Å². The third-order valence-electron chi connectivity index (χ3n) is 3.03. The van der Waals surface area contributed by atoms with E-state index in [1.807, 2.05) is 0 Å². The molecule has 0 heterocycles. The standard InChI is InChI=1S/C10H20O/c1-9(2)4-5-10(3,8-9)6-7-11/h11H,4-8H2,1-3H3. The summed E-state index contributed by atoms with van der Waals surface area (Å²) in [5.41, 5.74) is 0.947. The van der Waals surface area contributed by atoms with Gasteiger partial charge in [0.2, 0.25) is 0 Å². The van der Waals surface area contributed by atoms with E-state index in [1.165, 1.54) is 19.3 Å². The molecule has 0 radical (unpaired) electrons. The van der Waals surface area contributed by atoms with E-state index in [9.17, 15) is 0 Å². The van der Waals surface area contributed by atoms with E-state index in [2.05, 4.69) is 20.8 Å². The minimum Gasteiger partial charge on any atom is -0.396 e. The summed E-state index contributed by atoms with van der Waals surface area (Å²) in [6.45, 7) is 7.32. The van der Waals surface area contributed by atoms with E-state index in [4.69, 9.17) is 5.11 Å². The number of aliphatic hydroxyl groups excluding tert-OH is 1. The van der Waals surface area contributed by atoms with E-state index in [0.717, 1.165) is 6.42 Å². The Labute approximate surface area is 69.8 Å². The summed E-state index contributed by atoms with van der Waals surface area (Å²) >= 11 is 0. The van der Waals surface area contributed by atoms with E-state index in [-0.39, 0.29) is 0 Å². The molecule has 0 aromatic rings. The van der Waals surface area contributed by atoms with Crippen LogP contribution in [0.15, 0.2) is 0 Å². The predicted octanol–water partition coefficient (Wildman–Crippen LogP) is 2.59. The Morgan fingerprint density at radius 3 is 2.18 bits per heavy atom. The first-order valence-corrected chi connectivity index (χ1v) is 4.58. The van der Waals surface area contributed by atoms with Gasteiger partial charge < -0.3 is 5.11 Å². The molecule has 1 saturated carbocycles. The quantitative estimate of drug-likeness (QED) is 0.651. The number of hydrogen-bond donors (Lipinski definition) is 1. The van der Waals surface area contributed by atoms with Gasteiger partial charge in [0.15, 0.2) is 0 Å². The summed E-state index contributed by atoms with van der Waals surface area (Å²) in [5, 5.41) is 8.86. The lowest BCUT2D eigenvalue weighted by Crippen LogP contribution is -2.16. The van der Waals surface area contributed by atoms with Crippen LogP contribution in [0.4, 0.5) is 0 Å². The van der Waals surface area contributed by atoms with Gasteiger partial charge in [0.25, 0.3) is 0 Å². The van der Waals surface area contributed by atoms with E-state index in [1.54, 1.807) is 0 Å². The molecule has 1 aliphatic carbocycles. The lowest BCUT2D eigenvalue weighted by Gasteiger charge is -2.25. The van der Waals surface area contributed by atoms with Crippen LogP contribution in [0.5, 0.6) is 0 Å². The number of aliphatic hydroxyl groups is 1. The third-order valence-corrected chi connectivity index (χ3v) is 3.03. The van der Waals surface area contributed by atoms with Gasteiger partial charge in [0.05, 0.1) is 0 Å². The highest BCUT2D eigenvalue weighted by Crippen LogP contribution is 2.50. The largest absolute Gasteiger partial charge is 0.396 e. The molecule has 1 fully saturated rings. The Morgan fingerprint density at radius 2 is 1.82 bits per heavy atom. The van der Waals surface area contributed by atoms with Gasteiger partial charge in [-0.25, -0.2) is 0 Å². The predicted molar refractivity (Wildman–Crippen MR) is 47.4 cm³/mol. The average molecular weight is 156 g/mol. The Balaban J connectivity index is 2.51. The summed E-state index contributed by atoms with van der Waals surface area (Å²) in [7, 11) is 0. The molecule has 0 aromatic carbocycles. The van der Waals surface area contributed by atoms with Gasteiger partial charge >= 0.3 is 0 Å². The molecule has 66 valence electrons. The van der Waals surface area contributed by atoms with E-state index >= 15 is 0 Å². The fourth-order valence-electron chi connectivity index (χ4n) is 2.46. The molecule has 1 atom stereocenters. The summed E-state index contributed by atoms with van der Waals surface area (Å²) in [6.07, 6.45) is 4.88. The summed E-state index contributed by atoms with van der Waals surface area (Å²) in [6, 6.07) is 0. The molecule has 0 amide bonds. The summed E-state index contributed by atoms with van der Waals surface area (Å²) in [4.78, 5) is 0. The maximum Gasteiger partial charge on any atom is 0.0436 e. The molecule has 11 heavy (non-hydrogen) atoms.